The Bertz CT molecular complexity index is 490. The van der Waals surface area contributed by atoms with Crippen molar-refractivity contribution in [3.63, 3.8) is 0 Å². The molecular weight excluding hydrogens is 242 g/mol. The Kier molecular flexibility index (Phi) is 3.84. The Hall–Kier alpha value is -2.19. The number of rotatable bonds is 5. The van der Waals surface area contributed by atoms with Gasteiger partial charge in [0.25, 0.3) is 0 Å². The minimum Gasteiger partial charge on any atom is -0.502 e. The highest BCUT2D eigenvalue weighted by molar-refractivity contribution is 5.85. The standard InChI is InChI=1S/C10H13N3O5/c11-9(16)10(12,5-14)4-6-2-1-3-7(8(6)15)13(17)18/h1-3,14-15H,4-5,12H2,(H2,11,16)/t10-/m0/s1. The zero-order valence-corrected chi connectivity index (χ0v) is 9.37. The molecule has 1 rings (SSSR count). The first kappa shape index (κ1) is 13.9. The number of phenols is 1. The van der Waals surface area contributed by atoms with Gasteiger partial charge in [-0.15, -0.1) is 0 Å². The van der Waals surface area contributed by atoms with Crippen LogP contribution < -0.4 is 11.5 Å². The fraction of sp³-hybridized carbons (Fsp3) is 0.300. The van der Waals surface area contributed by atoms with Gasteiger partial charge in [-0.1, -0.05) is 12.1 Å². The van der Waals surface area contributed by atoms with Crippen molar-refractivity contribution in [2.24, 2.45) is 11.5 Å². The first-order chi connectivity index (χ1) is 8.31. The highest BCUT2D eigenvalue weighted by atomic mass is 16.6. The summed E-state index contributed by atoms with van der Waals surface area (Å²) >= 11 is 0. The van der Waals surface area contributed by atoms with Crippen LogP contribution in [0.3, 0.4) is 0 Å². The summed E-state index contributed by atoms with van der Waals surface area (Å²) in [5.74, 6) is -1.55. The number of nitro groups is 1. The lowest BCUT2D eigenvalue weighted by Crippen LogP contribution is -2.56. The Morgan fingerprint density at radius 1 is 1.50 bits per heavy atom. The number of amides is 1. The van der Waals surface area contributed by atoms with E-state index in [1.54, 1.807) is 0 Å². The molecule has 0 unspecified atom stereocenters. The highest BCUT2D eigenvalue weighted by Gasteiger charge is 2.33. The summed E-state index contributed by atoms with van der Waals surface area (Å²) in [6.07, 6.45) is -0.299. The second-order valence-corrected chi connectivity index (χ2v) is 3.90. The number of hydrogen-bond acceptors (Lipinski definition) is 6. The van der Waals surface area contributed by atoms with Gasteiger partial charge in [-0.05, 0) is 0 Å². The summed E-state index contributed by atoms with van der Waals surface area (Å²) in [6.45, 7) is -0.732. The summed E-state index contributed by atoms with van der Waals surface area (Å²) in [6, 6.07) is 3.81. The Morgan fingerprint density at radius 3 is 2.56 bits per heavy atom. The molecule has 0 aromatic heterocycles. The van der Waals surface area contributed by atoms with Crippen LogP contribution in [0.2, 0.25) is 0 Å². The topological polar surface area (TPSA) is 153 Å². The second kappa shape index (κ2) is 4.98. The average Bonchev–Trinajstić information content (AvgIpc) is 2.31. The quantitative estimate of drug-likeness (QED) is 0.391. The molecule has 8 heteroatoms. The SMILES string of the molecule is NC(=O)[C@@](N)(CO)Cc1cccc([N+](=O)[O-])c1O. The molecule has 1 aromatic carbocycles. The van der Waals surface area contributed by atoms with Gasteiger partial charge < -0.3 is 21.7 Å². The number of aliphatic hydroxyl groups is 1. The van der Waals surface area contributed by atoms with E-state index < -0.39 is 34.4 Å². The minimum absolute atomic E-state index is 0.0690. The van der Waals surface area contributed by atoms with E-state index in [1.165, 1.54) is 12.1 Å². The molecule has 0 heterocycles. The fourth-order valence-corrected chi connectivity index (χ4v) is 1.43. The number of nitro benzene ring substituents is 1. The number of carbonyl (C=O) groups is 1. The molecule has 6 N–H and O–H groups in total. The third-order valence-electron chi connectivity index (χ3n) is 2.57. The third kappa shape index (κ3) is 2.55. The largest absolute Gasteiger partial charge is 0.502 e. The van der Waals surface area contributed by atoms with E-state index in [-0.39, 0.29) is 12.0 Å². The van der Waals surface area contributed by atoms with E-state index >= 15 is 0 Å². The molecule has 1 atom stereocenters. The van der Waals surface area contributed by atoms with Crippen molar-refractivity contribution >= 4 is 11.6 Å². The summed E-state index contributed by atoms with van der Waals surface area (Å²) in [5.41, 5.74) is 8.39. The zero-order chi connectivity index (χ0) is 13.9. The van der Waals surface area contributed by atoms with Crippen molar-refractivity contribution in [2.45, 2.75) is 12.0 Å². The number of nitrogens with zero attached hydrogens (tertiary/aromatic N) is 1. The van der Waals surface area contributed by atoms with Crippen LogP contribution in [0.15, 0.2) is 18.2 Å². The molecule has 98 valence electrons. The van der Waals surface area contributed by atoms with E-state index in [0.717, 1.165) is 6.07 Å². The van der Waals surface area contributed by atoms with E-state index in [1.807, 2.05) is 0 Å². The summed E-state index contributed by atoms with van der Waals surface area (Å²) < 4.78 is 0. The number of hydrogen-bond donors (Lipinski definition) is 4. The number of nitrogens with two attached hydrogens (primary N) is 2. The van der Waals surface area contributed by atoms with E-state index in [4.69, 9.17) is 16.6 Å². The lowest BCUT2D eigenvalue weighted by molar-refractivity contribution is -0.385. The zero-order valence-electron chi connectivity index (χ0n) is 9.37. The fourth-order valence-electron chi connectivity index (χ4n) is 1.43. The molecule has 0 saturated heterocycles. The summed E-state index contributed by atoms with van der Waals surface area (Å²) in [7, 11) is 0. The smallest absolute Gasteiger partial charge is 0.310 e. The first-order valence-electron chi connectivity index (χ1n) is 4.96. The van der Waals surface area contributed by atoms with Crippen molar-refractivity contribution in [1.82, 2.24) is 0 Å². The molecule has 8 nitrogen and oxygen atoms in total. The molecule has 1 amide bonds. The second-order valence-electron chi connectivity index (χ2n) is 3.90. The molecule has 1 aromatic rings. The monoisotopic (exact) mass is 255 g/mol. The summed E-state index contributed by atoms with van der Waals surface area (Å²) in [4.78, 5) is 21.0. The highest BCUT2D eigenvalue weighted by Crippen LogP contribution is 2.31. The van der Waals surface area contributed by atoms with Gasteiger partial charge in [0.2, 0.25) is 5.91 Å². The van der Waals surface area contributed by atoms with Crippen molar-refractivity contribution in [3.05, 3.63) is 33.9 Å². The number of aromatic hydroxyl groups is 1. The lowest BCUT2D eigenvalue weighted by Gasteiger charge is -2.23. The predicted molar refractivity (Wildman–Crippen MR) is 61.7 cm³/mol. The van der Waals surface area contributed by atoms with Gasteiger partial charge in [-0.2, -0.15) is 0 Å². The molecule has 0 aliphatic heterocycles. The van der Waals surface area contributed by atoms with Crippen LogP contribution in [0.5, 0.6) is 5.75 Å². The van der Waals surface area contributed by atoms with Crippen LogP contribution in [-0.4, -0.2) is 33.2 Å². The van der Waals surface area contributed by atoms with Crippen molar-refractivity contribution in [2.75, 3.05) is 6.61 Å². The lowest BCUT2D eigenvalue weighted by atomic mass is 9.91. The molecule has 0 fully saturated rings. The van der Waals surface area contributed by atoms with E-state index in [0.29, 0.717) is 0 Å². The molecule has 0 radical (unpaired) electrons. The number of phenolic OH excluding ortho intramolecular Hbond substituents is 1. The van der Waals surface area contributed by atoms with Crippen LogP contribution in [0, 0.1) is 10.1 Å². The van der Waals surface area contributed by atoms with Crippen LogP contribution in [0.1, 0.15) is 5.56 Å². The van der Waals surface area contributed by atoms with Gasteiger partial charge >= 0.3 is 5.69 Å². The maximum atomic E-state index is 11.1. The average molecular weight is 255 g/mol. The molecule has 0 spiro atoms. The number of para-hydroxylation sites is 1. The number of carbonyl (C=O) groups excluding carboxylic acids is 1. The van der Waals surface area contributed by atoms with Gasteiger partial charge in [0, 0.05) is 18.1 Å². The molecule has 0 saturated carbocycles. The third-order valence-corrected chi connectivity index (χ3v) is 2.57. The predicted octanol–water partition coefficient (Wildman–Crippen LogP) is -0.982. The van der Waals surface area contributed by atoms with Gasteiger partial charge in [-0.3, -0.25) is 14.9 Å². The normalized spacial score (nSPS) is 13.9. The van der Waals surface area contributed by atoms with Crippen molar-refractivity contribution < 1.29 is 19.9 Å². The van der Waals surface area contributed by atoms with Crippen LogP contribution in [0.4, 0.5) is 5.69 Å². The minimum atomic E-state index is -1.77. The first-order valence-corrected chi connectivity index (χ1v) is 4.96. The molecular formula is C10H13N3O5. The molecule has 18 heavy (non-hydrogen) atoms. The number of primary amides is 1. The number of aliphatic hydroxyl groups excluding tert-OH is 1. The van der Waals surface area contributed by atoms with Gasteiger partial charge in [-0.25, -0.2) is 0 Å². The van der Waals surface area contributed by atoms with Crippen LogP contribution in [0.25, 0.3) is 0 Å². The van der Waals surface area contributed by atoms with E-state index in [9.17, 15) is 20.0 Å². The van der Waals surface area contributed by atoms with Crippen LogP contribution >= 0.6 is 0 Å². The summed E-state index contributed by atoms with van der Waals surface area (Å²) in [5, 5.41) is 29.3. The molecule has 0 aliphatic rings. The van der Waals surface area contributed by atoms with Gasteiger partial charge in [0.1, 0.15) is 5.54 Å². The Morgan fingerprint density at radius 2 is 2.11 bits per heavy atom. The molecule has 0 aliphatic carbocycles. The van der Waals surface area contributed by atoms with Gasteiger partial charge in [0.15, 0.2) is 5.75 Å². The van der Waals surface area contributed by atoms with Gasteiger partial charge in [0.05, 0.1) is 11.5 Å². The van der Waals surface area contributed by atoms with Crippen molar-refractivity contribution in [1.29, 1.82) is 0 Å². The molecule has 0 bridgehead atoms. The number of benzene rings is 1. The van der Waals surface area contributed by atoms with E-state index in [2.05, 4.69) is 0 Å². The van der Waals surface area contributed by atoms with Crippen LogP contribution in [-0.2, 0) is 11.2 Å². The maximum absolute atomic E-state index is 11.1. The Labute approximate surface area is 102 Å². The Balaban J connectivity index is 3.16. The maximum Gasteiger partial charge on any atom is 0.310 e. The van der Waals surface area contributed by atoms with Crippen molar-refractivity contribution in [3.8, 4) is 5.75 Å².